The van der Waals surface area contributed by atoms with E-state index in [-0.39, 0.29) is 17.1 Å². The molecule has 1 aromatic rings. The SMILES string of the molecule is O=C(COc1ccc(C2CCCCC2)cc1)N1N=C2CCCC[C@@H]2[C@]1(O)C(F)(F)F. The molecule has 2 fully saturated rings. The standard InChI is InChI=1S/C22H27F3N2O3/c23-22(24,25)21(29)18-8-4-5-9-19(18)26-27(21)20(28)14-30-17-12-10-16(11-13-17)15-6-2-1-3-7-15/h10-13,15,18,29H,1-9,14H2/t18-,21-/m0/s1. The van der Waals surface area contributed by atoms with Crippen LogP contribution in [0.2, 0.25) is 0 Å². The van der Waals surface area contributed by atoms with E-state index >= 15 is 0 Å². The second kappa shape index (κ2) is 8.21. The second-order valence-corrected chi connectivity index (χ2v) is 8.51. The number of hydrazone groups is 1. The highest BCUT2D eigenvalue weighted by atomic mass is 19.4. The lowest BCUT2D eigenvalue weighted by Gasteiger charge is -2.38. The van der Waals surface area contributed by atoms with Crippen molar-refractivity contribution in [1.82, 2.24) is 5.01 Å². The molecule has 1 heterocycles. The quantitative estimate of drug-likeness (QED) is 0.759. The Kier molecular flexibility index (Phi) is 5.79. The van der Waals surface area contributed by atoms with Gasteiger partial charge in [-0.05, 0) is 55.7 Å². The Bertz CT molecular complexity index is 803. The summed E-state index contributed by atoms with van der Waals surface area (Å²) in [6.07, 6.45) is 2.80. The van der Waals surface area contributed by atoms with Gasteiger partial charge in [-0.25, -0.2) is 0 Å². The summed E-state index contributed by atoms with van der Waals surface area (Å²) in [6.45, 7) is -0.620. The molecular weight excluding hydrogens is 397 g/mol. The Morgan fingerprint density at radius 2 is 1.77 bits per heavy atom. The molecule has 1 amide bonds. The van der Waals surface area contributed by atoms with Gasteiger partial charge in [-0.1, -0.05) is 37.8 Å². The third kappa shape index (κ3) is 3.82. The Balaban J connectivity index is 1.43. The fourth-order valence-electron chi connectivity index (χ4n) is 4.94. The van der Waals surface area contributed by atoms with Gasteiger partial charge in [0.2, 0.25) is 0 Å². The van der Waals surface area contributed by atoms with Crippen LogP contribution in [0.4, 0.5) is 13.2 Å². The minimum atomic E-state index is -5.00. The van der Waals surface area contributed by atoms with Crippen molar-refractivity contribution in [1.29, 1.82) is 0 Å². The van der Waals surface area contributed by atoms with Gasteiger partial charge in [-0.2, -0.15) is 23.3 Å². The van der Waals surface area contributed by atoms with E-state index in [9.17, 15) is 23.1 Å². The van der Waals surface area contributed by atoms with Gasteiger partial charge in [0.25, 0.3) is 11.6 Å². The van der Waals surface area contributed by atoms with Gasteiger partial charge in [0.1, 0.15) is 5.75 Å². The number of carbonyl (C=O) groups excluding carboxylic acids is 1. The number of hydrogen-bond donors (Lipinski definition) is 1. The number of hydrogen-bond acceptors (Lipinski definition) is 4. The molecular formula is C22H27F3N2O3. The van der Waals surface area contributed by atoms with E-state index < -0.39 is 30.3 Å². The van der Waals surface area contributed by atoms with Crippen LogP contribution in [0, 0.1) is 5.92 Å². The smallest absolute Gasteiger partial charge is 0.439 e. The first kappa shape index (κ1) is 21.2. The average molecular weight is 424 g/mol. The van der Waals surface area contributed by atoms with Crippen molar-refractivity contribution in [3.63, 3.8) is 0 Å². The number of halogens is 3. The summed E-state index contributed by atoms with van der Waals surface area (Å²) in [5.74, 6) is -1.28. The normalized spacial score (nSPS) is 27.5. The molecule has 0 aromatic heterocycles. The maximum atomic E-state index is 13.8. The van der Waals surface area contributed by atoms with Crippen LogP contribution >= 0.6 is 0 Å². The number of ether oxygens (including phenoxy) is 1. The Morgan fingerprint density at radius 1 is 1.10 bits per heavy atom. The predicted octanol–water partition coefficient (Wildman–Crippen LogP) is 4.75. The largest absolute Gasteiger partial charge is 0.484 e. The monoisotopic (exact) mass is 424 g/mol. The van der Waals surface area contributed by atoms with Crippen molar-refractivity contribution < 1.29 is 27.8 Å². The van der Waals surface area contributed by atoms with Crippen LogP contribution in [-0.2, 0) is 4.79 Å². The molecule has 0 saturated heterocycles. The molecule has 164 valence electrons. The third-order valence-electron chi connectivity index (χ3n) is 6.59. The zero-order valence-corrected chi connectivity index (χ0v) is 16.8. The summed E-state index contributed by atoms with van der Waals surface area (Å²) in [4.78, 5) is 12.6. The fraction of sp³-hybridized carbons (Fsp3) is 0.636. The predicted molar refractivity (Wildman–Crippen MR) is 105 cm³/mol. The van der Waals surface area contributed by atoms with Crippen LogP contribution < -0.4 is 4.74 Å². The van der Waals surface area contributed by atoms with Crippen LogP contribution in [0.3, 0.4) is 0 Å². The molecule has 4 rings (SSSR count). The van der Waals surface area contributed by atoms with Crippen LogP contribution in [0.5, 0.6) is 5.75 Å². The van der Waals surface area contributed by atoms with Crippen LogP contribution in [0.15, 0.2) is 29.4 Å². The van der Waals surface area contributed by atoms with E-state index in [4.69, 9.17) is 4.74 Å². The number of fused-ring (bicyclic) bond motifs is 1. The van der Waals surface area contributed by atoms with Gasteiger partial charge in [-0.3, -0.25) is 4.79 Å². The maximum Gasteiger partial charge on any atom is 0.439 e. The minimum Gasteiger partial charge on any atom is -0.484 e. The molecule has 8 heteroatoms. The number of aliphatic hydroxyl groups is 1. The lowest BCUT2D eigenvalue weighted by atomic mass is 9.80. The first-order chi connectivity index (χ1) is 14.3. The molecule has 1 N–H and O–H groups in total. The summed E-state index contributed by atoms with van der Waals surface area (Å²) in [7, 11) is 0. The van der Waals surface area contributed by atoms with Crippen molar-refractivity contribution in [2.75, 3.05) is 6.61 Å². The van der Waals surface area contributed by atoms with Gasteiger partial charge in [0, 0.05) is 5.71 Å². The van der Waals surface area contributed by atoms with E-state index in [1.807, 2.05) is 12.1 Å². The molecule has 0 spiro atoms. The Morgan fingerprint density at radius 3 is 2.43 bits per heavy atom. The van der Waals surface area contributed by atoms with Crippen molar-refractivity contribution in [3.05, 3.63) is 29.8 Å². The zero-order chi connectivity index (χ0) is 21.4. The van der Waals surface area contributed by atoms with Gasteiger partial charge >= 0.3 is 6.18 Å². The van der Waals surface area contributed by atoms with E-state index in [0.717, 1.165) is 12.8 Å². The zero-order valence-electron chi connectivity index (χ0n) is 16.8. The summed E-state index contributed by atoms with van der Waals surface area (Å²) >= 11 is 0. The highest BCUT2D eigenvalue weighted by Gasteiger charge is 2.68. The summed E-state index contributed by atoms with van der Waals surface area (Å²) in [5.41, 5.74) is -1.84. The fourth-order valence-corrected chi connectivity index (χ4v) is 4.94. The van der Waals surface area contributed by atoms with Gasteiger partial charge < -0.3 is 9.84 Å². The molecule has 2 aliphatic carbocycles. The Labute approximate surface area is 173 Å². The molecule has 3 aliphatic rings. The number of amides is 1. The van der Waals surface area contributed by atoms with E-state index in [2.05, 4.69) is 5.10 Å². The summed E-state index contributed by atoms with van der Waals surface area (Å²) < 4.78 is 46.7. The first-order valence-corrected chi connectivity index (χ1v) is 10.7. The second-order valence-electron chi connectivity index (χ2n) is 8.51. The van der Waals surface area contributed by atoms with Crippen molar-refractivity contribution >= 4 is 11.6 Å². The molecule has 5 nitrogen and oxygen atoms in total. The molecule has 30 heavy (non-hydrogen) atoms. The number of alkyl halides is 3. The topological polar surface area (TPSA) is 62.1 Å². The summed E-state index contributed by atoms with van der Waals surface area (Å²) in [6, 6.07) is 7.38. The highest BCUT2D eigenvalue weighted by Crippen LogP contribution is 2.48. The van der Waals surface area contributed by atoms with Crippen molar-refractivity contribution in [3.8, 4) is 5.75 Å². The minimum absolute atomic E-state index is 0.155. The molecule has 2 saturated carbocycles. The number of carbonyl (C=O) groups is 1. The lowest BCUT2D eigenvalue weighted by Crippen LogP contribution is -2.62. The number of nitrogens with zero attached hydrogens (tertiary/aromatic N) is 2. The molecule has 0 unspecified atom stereocenters. The average Bonchev–Trinajstić information content (AvgIpc) is 3.07. The highest BCUT2D eigenvalue weighted by molar-refractivity contribution is 5.93. The summed E-state index contributed by atoms with van der Waals surface area (Å²) in [5, 5.41) is 14.6. The van der Waals surface area contributed by atoms with E-state index in [1.165, 1.54) is 24.8 Å². The molecule has 0 radical (unpaired) electrons. The molecule has 0 bridgehead atoms. The van der Waals surface area contributed by atoms with E-state index in [0.29, 0.717) is 30.9 Å². The van der Waals surface area contributed by atoms with Gasteiger partial charge in [0.15, 0.2) is 6.61 Å². The first-order valence-electron chi connectivity index (χ1n) is 10.7. The number of benzene rings is 1. The van der Waals surface area contributed by atoms with Crippen molar-refractivity contribution in [2.45, 2.75) is 75.6 Å². The van der Waals surface area contributed by atoms with Gasteiger partial charge in [0.05, 0.1) is 5.92 Å². The van der Waals surface area contributed by atoms with Crippen LogP contribution in [-0.4, -0.2) is 40.2 Å². The van der Waals surface area contributed by atoms with Crippen molar-refractivity contribution in [2.24, 2.45) is 11.0 Å². The third-order valence-corrected chi connectivity index (χ3v) is 6.59. The molecule has 1 aromatic carbocycles. The molecule has 2 atom stereocenters. The van der Waals surface area contributed by atoms with E-state index in [1.54, 1.807) is 12.1 Å². The lowest BCUT2D eigenvalue weighted by molar-refractivity contribution is -0.317. The van der Waals surface area contributed by atoms with Crippen LogP contribution in [0.1, 0.15) is 69.3 Å². The molecule has 1 aliphatic heterocycles. The number of rotatable bonds is 4. The van der Waals surface area contributed by atoms with Gasteiger partial charge in [-0.15, -0.1) is 0 Å². The maximum absolute atomic E-state index is 13.8. The van der Waals surface area contributed by atoms with Crippen LogP contribution in [0.25, 0.3) is 0 Å². The Hall–Kier alpha value is -2.09.